The van der Waals surface area contributed by atoms with Gasteiger partial charge in [-0.15, -0.1) is 11.8 Å². The van der Waals surface area contributed by atoms with E-state index in [0.29, 0.717) is 37.6 Å². The summed E-state index contributed by atoms with van der Waals surface area (Å²) in [5, 5.41) is 3.94. The van der Waals surface area contributed by atoms with Crippen LogP contribution in [-0.4, -0.2) is 54.8 Å². The van der Waals surface area contributed by atoms with Gasteiger partial charge in [-0.1, -0.05) is 17.3 Å². The molecule has 1 aliphatic rings. The first kappa shape index (κ1) is 18.5. The van der Waals surface area contributed by atoms with Gasteiger partial charge in [0.25, 0.3) is 5.91 Å². The average Bonchev–Trinajstić information content (AvgIpc) is 3.10. The number of ether oxygens (including phenoxy) is 2. The van der Waals surface area contributed by atoms with E-state index in [0.717, 1.165) is 16.3 Å². The molecule has 1 aromatic heterocycles. The lowest BCUT2D eigenvalue weighted by molar-refractivity contribution is -0.138. The molecule has 3 rings (SSSR count). The molecule has 0 atom stereocenters. The molecule has 138 valence electrons. The number of hydrogen-bond acceptors (Lipinski definition) is 7. The van der Waals surface area contributed by atoms with Crippen LogP contribution in [0.25, 0.3) is 0 Å². The summed E-state index contributed by atoms with van der Waals surface area (Å²) in [4.78, 5) is 26.9. The Hall–Kier alpha value is -2.32. The van der Waals surface area contributed by atoms with Crippen molar-refractivity contribution in [2.24, 2.45) is 0 Å². The fourth-order valence-electron chi connectivity index (χ4n) is 2.51. The van der Waals surface area contributed by atoms with Crippen molar-refractivity contribution in [3.63, 3.8) is 0 Å². The van der Waals surface area contributed by atoms with E-state index in [9.17, 15) is 9.59 Å². The highest BCUT2D eigenvalue weighted by Gasteiger charge is 2.20. The molecular formula is C18H20N2O5S. The maximum absolute atomic E-state index is 12.4. The molecule has 2 heterocycles. The van der Waals surface area contributed by atoms with Crippen LogP contribution < -0.4 is 0 Å². The van der Waals surface area contributed by atoms with Crippen LogP contribution >= 0.6 is 11.8 Å². The predicted octanol–water partition coefficient (Wildman–Crippen LogP) is 2.29. The van der Waals surface area contributed by atoms with Crippen molar-refractivity contribution in [1.82, 2.24) is 10.1 Å². The number of rotatable bonds is 6. The van der Waals surface area contributed by atoms with E-state index in [1.54, 1.807) is 17.0 Å². The maximum Gasteiger partial charge on any atom is 0.339 e. The first-order chi connectivity index (χ1) is 12.6. The van der Waals surface area contributed by atoms with E-state index in [4.69, 9.17) is 14.0 Å². The third-order valence-electron chi connectivity index (χ3n) is 3.85. The molecule has 1 fully saturated rings. The van der Waals surface area contributed by atoms with Crippen molar-refractivity contribution in [3.05, 3.63) is 47.3 Å². The fourth-order valence-corrected chi connectivity index (χ4v) is 3.43. The van der Waals surface area contributed by atoms with Crippen LogP contribution in [0.1, 0.15) is 21.8 Å². The van der Waals surface area contributed by atoms with Gasteiger partial charge in [0.1, 0.15) is 5.76 Å². The molecule has 0 unspecified atom stereocenters. The second-order valence-electron chi connectivity index (χ2n) is 5.78. The van der Waals surface area contributed by atoms with E-state index < -0.39 is 5.97 Å². The molecule has 1 aliphatic heterocycles. The highest BCUT2D eigenvalue weighted by atomic mass is 32.2. The van der Waals surface area contributed by atoms with Crippen LogP contribution in [0.2, 0.25) is 0 Å². The van der Waals surface area contributed by atoms with E-state index in [2.05, 4.69) is 5.16 Å². The highest BCUT2D eigenvalue weighted by Crippen LogP contribution is 2.26. The van der Waals surface area contributed by atoms with Gasteiger partial charge in [0.05, 0.1) is 24.5 Å². The summed E-state index contributed by atoms with van der Waals surface area (Å²) in [5.74, 6) is 0.611. The Morgan fingerprint density at radius 3 is 2.77 bits per heavy atom. The predicted molar refractivity (Wildman–Crippen MR) is 94.9 cm³/mol. The standard InChI is InChI=1S/C18H20N2O5S/c1-13-10-14(19-25-13)12-26-16-5-3-2-4-15(16)18(22)24-11-17(21)20-6-8-23-9-7-20/h2-5,10H,6-9,11-12H2,1H3. The van der Waals surface area contributed by atoms with Gasteiger partial charge >= 0.3 is 5.97 Å². The third kappa shape index (κ3) is 4.86. The quantitative estimate of drug-likeness (QED) is 0.565. The number of carbonyl (C=O) groups is 2. The number of carbonyl (C=O) groups excluding carboxylic acids is 2. The van der Waals surface area contributed by atoms with Gasteiger partial charge in [-0.3, -0.25) is 4.79 Å². The zero-order valence-electron chi connectivity index (χ0n) is 14.5. The highest BCUT2D eigenvalue weighted by molar-refractivity contribution is 7.98. The number of hydrogen-bond donors (Lipinski definition) is 0. The molecule has 0 bridgehead atoms. The van der Waals surface area contributed by atoms with E-state index in [1.165, 1.54) is 11.8 Å². The normalized spacial score (nSPS) is 14.3. The Bertz CT molecular complexity index is 770. The second kappa shape index (κ2) is 8.86. The van der Waals surface area contributed by atoms with Crippen LogP contribution in [0.4, 0.5) is 0 Å². The second-order valence-corrected chi connectivity index (χ2v) is 6.80. The maximum atomic E-state index is 12.4. The summed E-state index contributed by atoms with van der Waals surface area (Å²) in [6.07, 6.45) is 0. The van der Waals surface area contributed by atoms with Crippen LogP contribution in [0.3, 0.4) is 0 Å². The molecule has 8 heteroatoms. The Morgan fingerprint density at radius 1 is 1.27 bits per heavy atom. The molecule has 0 spiro atoms. The summed E-state index contributed by atoms with van der Waals surface area (Å²) in [7, 11) is 0. The SMILES string of the molecule is Cc1cc(CSc2ccccc2C(=O)OCC(=O)N2CCOCC2)no1. The summed E-state index contributed by atoms with van der Waals surface area (Å²) in [5.41, 5.74) is 1.24. The minimum atomic E-state index is -0.508. The average molecular weight is 376 g/mol. The number of nitrogens with zero attached hydrogens (tertiary/aromatic N) is 2. The van der Waals surface area contributed by atoms with Crippen molar-refractivity contribution < 1.29 is 23.6 Å². The molecule has 26 heavy (non-hydrogen) atoms. The van der Waals surface area contributed by atoms with E-state index in [-0.39, 0.29) is 12.5 Å². The van der Waals surface area contributed by atoms with Crippen molar-refractivity contribution in [2.45, 2.75) is 17.6 Å². The number of esters is 1. The third-order valence-corrected chi connectivity index (χ3v) is 4.96. The van der Waals surface area contributed by atoms with Gasteiger partial charge in [-0.05, 0) is 19.1 Å². The minimum absolute atomic E-state index is 0.204. The Kier molecular flexibility index (Phi) is 6.30. The van der Waals surface area contributed by atoms with Crippen molar-refractivity contribution in [3.8, 4) is 0 Å². The van der Waals surface area contributed by atoms with Gasteiger partial charge in [0.15, 0.2) is 6.61 Å². The van der Waals surface area contributed by atoms with E-state index >= 15 is 0 Å². The van der Waals surface area contributed by atoms with Crippen LogP contribution in [0.15, 0.2) is 39.8 Å². The summed E-state index contributed by atoms with van der Waals surface area (Å²) in [6.45, 7) is 3.65. The largest absolute Gasteiger partial charge is 0.452 e. The van der Waals surface area contributed by atoms with E-state index in [1.807, 2.05) is 25.1 Å². The number of aryl methyl sites for hydroxylation is 1. The van der Waals surface area contributed by atoms with Crippen molar-refractivity contribution >= 4 is 23.6 Å². The van der Waals surface area contributed by atoms with Gasteiger partial charge < -0.3 is 18.9 Å². The smallest absolute Gasteiger partial charge is 0.339 e. The molecule has 2 aromatic rings. The van der Waals surface area contributed by atoms with Crippen molar-refractivity contribution in [1.29, 1.82) is 0 Å². The van der Waals surface area contributed by atoms with Crippen LogP contribution in [0, 0.1) is 6.92 Å². The molecule has 7 nitrogen and oxygen atoms in total. The minimum Gasteiger partial charge on any atom is -0.452 e. The number of aromatic nitrogens is 1. The monoisotopic (exact) mass is 376 g/mol. The Morgan fingerprint density at radius 2 is 2.04 bits per heavy atom. The zero-order chi connectivity index (χ0) is 18.4. The summed E-state index contributed by atoms with van der Waals surface area (Å²) < 4.78 is 15.5. The number of morpholine rings is 1. The van der Waals surface area contributed by atoms with Gasteiger partial charge in [-0.2, -0.15) is 0 Å². The van der Waals surface area contributed by atoms with Crippen molar-refractivity contribution in [2.75, 3.05) is 32.9 Å². The molecule has 1 aromatic carbocycles. The number of benzene rings is 1. The lowest BCUT2D eigenvalue weighted by atomic mass is 10.2. The topological polar surface area (TPSA) is 81.9 Å². The molecule has 0 radical (unpaired) electrons. The Balaban J connectivity index is 1.57. The lowest BCUT2D eigenvalue weighted by Gasteiger charge is -2.26. The molecule has 1 amide bonds. The molecule has 0 aliphatic carbocycles. The first-order valence-electron chi connectivity index (χ1n) is 8.30. The zero-order valence-corrected chi connectivity index (χ0v) is 15.3. The molecular weight excluding hydrogens is 356 g/mol. The molecule has 0 saturated carbocycles. The molecule has 0 N–H and O–H groups in total. The number of thioether (sulfide) groups is 1. The van der Waals surface area contributed by atoms with Crippen LogP contribution in [0.5, 0.6) is 0 Å². The summed E-state index contributed by atoms with van der Waals surface area (Å²) in [6, 6.07) is 9.02. The lowest BCUT2D eigenvalue weighted by Crippen LogP contribution is -2.42. The van der Waals surface area contributed by atoms with Gasteiger partial charge in [0, 0.05) is 29.8 Å². The molecule has 1 saturated heterocycles. The first-order valence-corrected chi connectivity index (χ1v) is 9.28. The Labute approximate surface area is 155 Å². The fraction of sp³-hybridized carbons (Fsp3) is 0.389. The van der Waals surface area contributed by atoms with Gasteiger partial charge in [0.2, 0.25) is 0 Å². The number of amides is 1. The van der Waals surface area contributed by atoms with Crippen LogP contribution in [-0.2, 0) is 20.0 Å². The van der Waals surface area contributed by atoms with Gasteiger partial charge in [-0.25, -0.2) is 4.79 Å². The summed E-state index contributed by atoms with van der Waals surface area (Å²) >= 11 is 1.47.